The Hall–Kier alpha value is -3.30. The first-order chi connectivity index (χ1) is 12.3. The number of piperidine rings is 1. The van der Waals surface area contributed by atoms with Crippen LogP contribution in [0.25, 0.3) is 5.82 Å². The summed E-state index contributed by atoms with van der Waals surface area (Å²) >= 11 is 0. The molecule has 128 valence electrons. The fourth-order valence-electron chi connectivity index (χ4n) is 2.92. The van der Waals surface area contributed by atoms with Crippen molar-refractivity contribution < 1.29 is 4.79 Å². The van der Waals surface area contributed by atoms with Crippen LogP contribution in [0.1, 0.15) is 12.8 Å². The standard InChI is InChI=1S/C15H17N9O/c25-15(21-23-10-18-19-11-23)12-3-1-5-22(8-12)13-7-14(17-9-16-13)24-6-2-4-20-24/h2,4,6-7,9-12H,1,3,5,8H2,(H,21,25)/t12-/m0/s1. The molecule has 1 N–H and O–H groups in total. The van der Waals surface area contributed by atoms with Gasteiger partial charge in [0.15, 0.2) is 5.82 Å². The van der Waals surface area contributed by atoms with E-state index in [9.17, 15) is 4.79 Å². The van der Waals surface area contributed by atoms with Gasteiger partial charge in [0.2, 0.25) is 5.91 Å². The second-order valence-electron chi connectivity index (χ2n) is 5.82. The van der Waals surface area contributed by atoms with Crippen molar-refractivity contribution in [3.63, 3.8) is 0 Å². The number of amides is 1. The van der Waals surface area contributed by atoms with E-state index in [0.29, 0.717) is 12.4 Å². The second kappa shape index (κ2) is 6.67. The Balaban J connectivity index is 1.48. The summed E-state index contributed by atoms with van der Waals surface area (Å²) in [4.78, 5) is 23.1. The van der Waals surface area contributed by atoms with Crippen LogP contribution in [0.4, 0.5) is 5.82 Å². The summed E-state index contributed by atoms with van der Waals surface area (Å²) in [5, 5.41) is 11.5. The molecule has 0 spiro atoms. The van der Waals surface area contributed by atoms with Crippen LogP contribution in [0.5, 0.6) is 0 Å². The SMILES string of the molecule is O=C(Nn1cnnc1)[C@H]1CCCN(c2cc(-n3cccn3)ncn2)C1. The van der Waals surface area contributed by atoms with Crippen LogP contribution in [-0.4, -0.2) is 53.6 Å². The monoisotopic (exact) mass is 339 g/mol. The molecule has 10 nitrogen and oxygen atoms in total. The molecule has 0 aliphatic carbocycles. The number of aromatic nitrogens is 7. The van der Waals surface area contributed by atoms with Crippen molar-refractivity contribution in [3.8, 4) is 5.82 Å². The average molecular weight is 339 g/mol. The number of carbonyl (C=O) groups is 1. The highest BCUT2D eigenvalue weighted by Crippen LogP contribution is 2.22. The topological polar surface area (TPSA) is 107 Å². The molecule has 1 atom stereocenters. The number of nitrogens with one attached hydrogen (secondary N) is 1. The summed E-state index contributed by atoms with van der Waals surface area (Å²) in [6, 6.07) is 3.72. The van der Waals surface area contributed by atoms with Gasteiger partial charge in [-0.3, -0.25) is 10.2 Å². The first-order valence-electron chi connectivity index (χ1n) is 8.02. The zero-order valence-electron chi connectivity index (χ0n) is 13.4. The fourth-order valence-corrected chi connectivity index (χ4v) is 2.92. The summed E-state index contributed by atoms with van der Waals surface area (Å²) in [5.41, 5.74) is 2.78. The predicted molar refractivity (Wildman–Crippen MR) is 88.5 cm³/mol. The van der Waals surface area contributed by atoms with Crippen molar-refractivity contribution >= 4 is 11.7 Å². The highest BCUT2D eigenvalue weighted by Gasteiger charge is 2.27. The lowest BCUT2D eigenvalue weighted by Crippen LogP contribution is -2.42. The number of carbonyl (C=O) groups excluding carboxylic acids is 1. The summed E-state index contributed by atoms with van der Waals surface area (Å²) in [5.74, 6) is 1.32. The van der Waals surface area contributed by atoms with E-state index in [1.165, 1.54) is 23.7 Å². The number of anilines is 1. The summed E-state index contributed by atoms with van der Waals surface area (Å²) in [7, 11) is 0. The minimum Gasteiger partial charge on any atom is -0.356 e. The van der Waals surface area contributed by atoms with Crippen LogP contribution in [0, 0.1) is 5.92 Å². The van der Waals surface area contributed by atoms with Crippen LogP contribution in [-0.2, 0) is 4.79 Å². The number of nitrogens with zero attached hydrogens (tertiary/aromatic N) is 8. The second-order valence-corrected chi connectivity index (χ2v) is 5.82. The zero-order valence-corrected chi connectivity index (χ0v) is 13.4. The number of rotatable bonds is 4. The third-order valence-electron chi connectivity index (χ3n) is 4.15. The van der Waals surface area contributed by atoms with Crippen LogP contribution in [0.2, 0.25) is 0 Å². The van der Waals surface area contributed by atoms with Crippen LogP contribution < -0.4 is 10.3 Å². The molecule has 25 heavy (non-hydrogen) atoms. The molecule has 0 bridgehead atoms. The van der Waals surface area contributed by atoms with Gasteiger partial charge in [-0.05, 0) is 18.9 Å². The van der Waals surface area contributed by atoms with Crippen molar-refractivity contribution in [2.75, 3.05) is 23.4 Å². The van der Waals surface area contributed by atoms with Gasteiger partial charge >= 0.3 is 0 Å². The molecule has 4 rings (SSSR count). The first-order valence-corrected chi connectivity index (χ1v) is 8.02. The first kappa shape index (κ1) is 15.2. The van der Waals surface area contributed by atoms with E-state index in [1.54, 1.807) is 10.9 Å². The normalized spacial score (nSPS) is 17.4. The largest absolute Gasteiger partial charge is 0.356 e. The Kier molecular flexibility index (Phi) is 4.07. The Labute approximate surface area is 143 Å². The Morgan fingerprint density at radius 1 is 1.20 bits per heavy atom. The molecular weight excluding hydrogens is 322 g/mol. The molecule has 4 heterocycles. The van der Waals surface area contributed by atoms with Crippen molar-refractivity contribution in [2.45, 2.75) is 12.8 Å². The number of hydrogen-bond acceptors (Lipinski definition) is 7. The maximum atomic E-state index is 12.4. The van der Waals surface area contributed by atoms with Gasteiger partial charge in [0.1, 0.15) is 24.8 Å². The van der Waals surface area contributed by atoms with Crippen LogP contribution >= 0.6 is 0 Å². The van der Waals surface area contributed by atoms with Gasteiger partial charge in [-0.1, -0.05) is 0 Å². The van der Waals surface area contributed by atoms with Crippen molar-refractivity contribution in [1.29, 1.82) is 0 Å². The smallest absolute Gasteiger partial charge is 0.243 e. The minimum absolute atomic E-state index is 0.0501. The highest BCUT2D eigenvalue weighted by molar-refractivity contribution is 5.86. The van der Waals surface area contributed by atoms with Crippen molar-refractivity contribution in [1.82, 2.24) is 34.6 Å². The van der Waals surface area contributed by atoms with Crippen molar-refractivity contribution in [3.05, 3.63) is 43.5 Å². The lowest BCUT2D eigenvalue weighted by Gasteiger charge is -2.32. The maximum absolute atomic E-state index is 12.4. The Morgan fingerprint density at radius 2 is 2.04 bits per heavy atom. The third-order valence-corrected chi connectivity index (χ3v) is 4.15. The lowest BCUT2D eigenvalue weighted by atomic mass is 9.97. The molecule has 1 aliphatic rings. The minimum atomic E-state index is -0.126. The van der Waals surface area contributed by atoms with E-state index in [-0.39, 0.29) is 11.8 Å². The number of hydrogen-bond donors (Lipinski definition) is 1. The Bertz CT molecular complexity index is 831. The van der Waals surface area contributed by atoms with Gasteiger partial charge in [-0.25, -0.2) is 19.3 Å². The van der Waals surface area contributed by atoms with E-state index in [1.807, 2.05) is 18.3 Å². The average Bonchev–Trinajstić information content (AvgIpc) is 3.36. The quantitative estimate of drug-likeness (QED) is 0.725. The molecular formula is C15H17N9O. The third kappa shape index (κ3) is 3.32. The molecule has 1 saturated heterocycles. The highest BCUT2D eigenvalue weighted by atomic mass is 16.2. The predicted octanol–water partition coefficient (Wildman–Crippen LogP) is 0.240. The maximum Gasteiger partial charge on any atom is 0.243 e. The molecule has 0 unspecified atom stereocenters. The molecule has 1 amide bonds. The van der Waals surface area contributed by atoms with Gasteiger partial charge in [-0.2, -0.15) is 5.10 Å². The molecule has 10 heteroatoms. The van der Waals surface area contributed by atoms with Crippen LogP contribution in [0.3, 0.4) is 0 Å². The van der Waals surface area contributed by atoms with Gasteiger partial charge in [0, 0.05) is 31.5 Å². The van der Waals surface area contributed by atoms with Gasteiger partial charge in [0.05, 0.1) is 5.92 Å². The summed E-state index contributed by atoms with van der Waals surface area (Å²) in [6.07, 6.45) is 9.72. The van der Waals surface area contributed by atoms with Crippen molar-refractivity contribution in [2.24, 2.45) is 5.92 Å². The molecule has 0 radical (unpaired) electrons. The van der Waals surface area contributed by atoms with Gasteiger partial charge in [-0.15, -0.1) is 10.2 Å². The molecule has 0 aromatic carbocycles. The summed E-state index contributed by atoms with van der Waals surface area (Å²) < 4.78 is 3.15. The molecule has 1 aliphatic heterocycles. The Morgan fingerprint density at radius 3 is 2.84 bits per heavy atom. The van der Waals surface area contributed by atoms with Gasteiger partial charge in [0.25, 0.3) is 0 Å². The van der Waals surface area contributed by atoms with E-state index >= 15 is 0 Å². The summed E-state index contributed by atoms with van der Waals surface area (Å²) in [6.45, 7) is 1.45. The van der Waals surface area contributed by atoms with E-state index in [2.05, 4.69) is 35.6 Å². The molecule has 3 aromatic rings. The fraction of sp³-hybridized carbons (Fsp3) is 0.333. The molecule has 1 fully saturated rings. The molecule has 0 saturated carbocycles. The van der Waals surface area contributed by atoms with E-state index in [4.69, 9.17) is 0 Å². The lowest BCUT2D eigenvalue weighted by molar-refractivity contribution is -0.121. The van der Waals surface area contributed by atoms with Gasteiger partial charge < -0.3 is 4.90 Å². The zero-order chi connectivity index (χ0) is 17.1. The molecule has 3 aromatic heterocycles. The van der Waals surface area contributed by atoms with E-state index in [0.717, 1.165) is 25.2 Å². The van der Waals surface area contributed by atoms with E-state index < -0.39 is 0 Å². The van der Waals surface area contributed by atoms with Crippen LogP contribution in [0.15, 0.2) is 43.5 Å².